The molecule has 0 amide bonds. The Kier molecular flexibility index (Phi) is 12.2. The third-order valence-electron chi connectivity index (χ3n) is 3.92. The molecule has 0 bridgehead atoms. The molecule has 146 valence electrons. The van der Waals surface area contributed by atoms with Crippen LogP contribution in [-0.2, 0) is 22.3 Å². The molecule has 1 rings (SSSR count). The average molecular weight is 378 g/mol. The highest BCUT2D eigenvalue weighted by Gasteiger charge is 2.17. The highest BCUT2D eigenvalue weighted by molar-refractivity contribution is 7.85. The van der Waals surface area contributed by atoms with Gasteiger partial charge in [0.2, 0.25) is 0 Å². The van der Waals surface area contributed by atoms with Crippen molar-refractivity contribution in [2.75, 3.05) is 6.61 Å². The van der Waals surface area contributed by atoms with E-state index in [-0.39, 0.29) is 4.75 Å². The lowest BCUT2D eigenvalue weighted by Crippen LogP contribution is -2.19. The number of nitrogens with zero attached hydrogens (tertiary/aromatic N) is 1. The van der Waals surface area contributed by atoms with Crippen LogP contribution in [0.5, 0.6) is 0 Å². The zero-order valence-corrected chi connectivity index (χ0v) is 17.5. The molecule has 0 N–H and O–H groups in total. The Morgan fingerprint density at radius 3 is 2.35 bits per heavy atom. The second-order valence-corrected chi connectivity index (χ2v) is 9.43. The van der Waals surface area contributed by atoms with Crippen molar-refractivity contribution in [3.63, 3.8) is 0 Å². The number of allylic oxidation sites excluding steroid dienone is 2. The van der Waals surface area contributed by atoms with Crippen molar-refractivity contribution in [2.45, 2.75) is 77.1 Å². The van der Waals surface area contributed by atoms with Crippen molar-refractivity contribution in [1.82, 2.24) is 0 Å². The first kappa shape index (κ1) is 22.8. The van der Waals surface area contributed by atoms with E-state index in [9.17, 15) is 4.21 Å². The van der Waals surface area contributed by atoms with Gasteiger partial charge in [-0.3, -0.25) is 0 Å². The smallest absolute Gasteiger partial charge is 0.144 e. The summed E-state index contributed by atoms with van der Waals surface area (Å²) in [5, 5.41) is 0. The molecule has 1 atom stereocenters. The van der Waals surface area contributed by atoms with Crippen molar-refractivity contribution < 1.29 is 8.95 Å². The minimum atomic E-state index is -1.16. The molecule has 3 nitrogen and oxygen atoms in total. The molecule has 0 aliphatic heterocycles. The molecule has 0 aliphatic rings. The van der Waals surface area contributed by atoms with E-state index in [1.54, 1.807) is 6.21 Å². The summed E-state index contributed by atoms with van der Waals surface area (Å²) in [6, 6.07) is 10.3. The SMILES string of the molecule is CC(C)(C)S(=O)/N=C/C=C/CCCCCCCCOCc1ccccc1. The van der Waals surface area contributed by atoms with Crippen molar-refractivity contribution in [3.8, 4) is 0 Å². The van der Waals surface area contributed by atoms with Gasteiger partial charge in [-0.25, -0.2) is 4.21 Å². The normalized spacial score (nSPS) is 13.7. The van der Waals surface area contributed by atoms with Gasteiger partial charge >= 0.3 is 0 Å². The molecule has 0 saturated heterocycles. The highest BCUT2D eigenvalue weighted by atomic mass is 32.2. The fraction of sp³-hybridized carbons (Fsp3) is 0.591. The van der Waals surface area contributed by atoms with Crippen LogP contribution in [0.3, 0.4) is 0 Å². The molecule has 1 aromatic carbocycles. The zero-order chi connectivity index (χ0) is 19.1. The molecule has 1 unspecified atom stereocenters. The summed E-state index contributed by atoms with van der Waals surface area (Å²) in [6.07, 6.45) is 14.2. The molecular weight excluding hydrogens is 342 g/mol. The standard InChI is InChI=1S/C22H35NO2S/c1-22(2,3)26(24)23-18-14-9-7-5-4-6-8-10-15-19-25-20-21-16-12-11-13-17-21/h9,11-14,16-18H,4-8,10,15,19-20H2,1-3H3/b14-9+,23-18+. The number of hydrogen-bond donors (Lipinski definition) is 0. The predicted octanol–water partition coefficient (Wildman–Crippen LogP) is 6.02. The van der Waals surface area contributed by atoms with E-state index in [2.05, 4.69) is 22.6 Å². The Morgan fingerprint density at radius 2 is 1.65 bits per heavy atom. The van der Waals surface area contributed by atoms with Crippen LogP contribution >= 0.6 is 0 Å². The maximum absolute atomic E-state index is 11.7. The van der Waals surface area contributed by atoms with Gasteiger partial charge in [-0.05, 0) is 51.7 Å². The lowest BCUT2D eigenvalue weighted by Gasteiger charge is -2.12. The van der Waals surface area contributed by atoms with Gasteiger partial charge in [0.15, 0.2) is 0 Å². The average Bonchev–Trinajstić information content (AvgIpc) is 2.62. The summed E-state index contributed by atoms with van der Waals surface area (Å²) < 4.78 is 21.2. The molecule has 0 aliphatic carbocycles. The summed E-state index contributed by atoms with van der Waals surface area (Å²) in [5.74, 6) is 0. The Morgan fingerprint density at radius 1 is 1.00 bits per heavy atom. The van der Waals surface area contributed by atoms with Gasteiger partial charge in [0.1, 0.15) is 11.0 Å². The summed E-state index contributed by atoms with van der Waals surface area (Å²) >= 11 is 0. The summed E-state index contributed by atoms with van der Waals surface area (Å²) in [7, 11) is -1.16. The Bertz CT molecular complexity index is 547. The van der Waals surface area contributed by atoms with E-state index in [1.807, 2.05) is 45.0 Å². The minimum absolute atomic E-state index is 0.281. The monoisotopic (exact) mass is 377 g/mol. The number of rotatable bonds is 13. The molecule has 26 heavy (non-hydrogen) atoms. The molecular formula is C22H35NO2S. The molecule has 0 saturated carbocycles. The van der Waals surface area contributed by atoms with E-state index in [0.29, 0.717) is 0 Å². The predicted molar refractivity (Wildman–Crippen MR) is 114 cm³/mol. The maximum Gasteiger partial charge on any atom is 0.144 e. The van der Waals surface area contributed by atoms with Crippen LogP contribution in [-0.4, -0.2) is 21.8 Å². The van der Waals surface area contributed by atoms with Crippen LogP contribution in [0.2, 0.25) is 0 Å². The van der Waals surface area contributed by atoms with Gasteiger partial charge in [0, 0.05) is 12.8 Å². The topological polar surface area (TPSA) is 38.7 Å². The van der Waals surface area contributed by atoms with Gasteiger partial charge < -0.3 is 4.74 Å². The van der Waals surface area contributed by atoms with Crippen LogP contribution in [0.4, 0.5) is 0 Å². The molecule has 0 radical (unpaired) electrons. The molecule has 4 heteroatoms. The second kappa shape index (κ2) is 13.9. The Hall–Kier alpha value is -1.26. The third-order valence-corrected chi connectivity index (χ3v) is 5.28. The summed E-state index contributed by atoms with van der Waals surface area (Å²) in [6.45, 7) is 7.37. The van der Waals surface area contributed by atoms with Gasteiger partial charge in [-0.2, -0.15) is 4.40 Å². The van der Waals surface area contributed by atoms with Crippen molar-refractivity contribution in [2.24, 2.45) is 4.40 Å². The largest absolute Gasteiger partial charge is 0.377 e. The van der Waals surface area contributed by atoms with Gasteiger partial charge in [-0.15, -0.1) is 0 Å². The van der Waals surface area contributed by atoms with Crippen LogP contribution in [0.15, 0.2) is 46.9 Å². The van der Waals surface area contributed by atoms with E-state index in [4.69, 9.17) is 4.74 Å². The first-order chi connectivity index (χ1) is 12.5. The quantitative estimate of drug-likeness (QED) is 0.311. The lowest BCUT2D eigenvalue weighted by molar-refractivity contribution is 0.116. The summed E-state index contributed by atoms with van der Waals surface area (Å²) in [5.41, 5.74) is 1.25. The van der Waals surface area contributed by atoms with E-state index < -0.39 is 11.0 Å². The van der Waals surface area contributed by atoms with Crippen LogP contribution in [0.25, 0.3) is 0 Å². The van der Waals surface area contributed by atoms with Crippen LogP contribution in [0.1, 0.15) is 71.3 Å². The fourth-order valence-corrected chi connectivity index (χ4v) is 2.84. The molecule has 0 fully saturated rings. The number of unbranched alkanes of at least 4 members (excludes halogenated alkanes) is 6. The molecule has 0 heterocycles. The molecule has 1 aromatic rings. The Labute approximate surface area is 162 Å². The zero-order valence-electron chi connectivity index (χ0n) is 16.7. The summed E-state index contributed by atoms with van der Waals surface area (Å²) in [4.78, 5) is 0. The highest BCUT2D eigenvalue weighted by Crippen LogP contribution is 2.11. The van der Waals surface area contributed by atoms with E-state index in [1.165, 1.54) is 37.7 Å². The first-order valence-electron chi connectivity index (χ1n) is 9.73. The van der Waals surface area contributed by atoms with Crippen LogP contribution in [0, 0.1) is 0 Å². The Balaban J connectivity index is 1.88. The lowest BCUT2D eigenvalue weighted by atomic mass is 10.1. The van der Waals surface area contributed by atoms with Crippen molar-refractivity contribution in [3.05, 3.63) is 48.0 Å². The first-order valence-corrected chi connectivity index (χ1v) is 10.8. The third kappa shape index (κ3) is 12.2. The van der Waals surface area contributed by atoms with Gasteiger partial charge in [0.05, 0.1) is 11.4 Å². The number of benzene rings is 1. The molecule has 0 aromatic heterocycles. The van der Waals surface area contributed by atoms with E-state index in [0.717, 1.165) is 26.1 Å². The number of hydrogen-bond acceptors (Lipinski definition) is 2. The van der Waals surface area contributed by atoms with Crippen molar-refractivity contribution in [1.29, 1.82) is 0 Å². The minimum Gasteiger partial charge on any atom is -0.377 e. The van der Waals surface area contributed by atoms with Gasteiger partial charge in [-0.1, -0.05) is 62.1 Å². The van der Waals surface area contributed by atoms with Crippen molar-refractivity contribution >= 4 is 17.2 Å². The molecule has 0 spiro atoms. The maximum atomic E-state index is 11.7. The van der Waals surface area contributed by atoms with E-state index >= 15 is 0 Å². The van der Waals surface area contributed by atoms with Gasteiger partial charge in [0.25, 0.3) is 0 Å². The second-order valence-electron chi connectivity index (χ2n) is 7.49. The fourth-order valence-electron chi connectivity index (χ4n) is 2.34. The van der Waals surface area contributed by atoms with Crippen LogP contribution < -0.4 is 0 Å². The number of ether oxygens (including phenoxy) is 1.